The molecule has 132 valence electrons. The maximum Gasteiger partial charge on any atom is 0.224 e. The van der Waals surface area contributed by atoms with Crippen LogP contribution in [-0.4, -0.2) is 19.6 Å². The van der Waals surface area contributed by atoms with Gasteiger partial charge in [0.1, 0.15) is 5.75 Å². The lowest BCUT2D eigenvalue weighted by Gasteiger charge is -2.30. The fraction of sp³-hybridized carbons (Fsp3) is 0.409. The minimum Gasteiger partial charge on any atom is -0.496 e. The SMILES string of the molecule is COc1ccc(C)cc1CC(=O)NCC1(c2ccccc2)CCCC1. The molecule has 1 saturated carbocycles. The minimum absolute atomic E-state index is 0.0612. The third-order valence-corrected chi connectivity index (χ3v) is 5.36. The Bertz CT molecular complexity index is 718. The predicted molar refractivity (Wildman–Crippen MR) is 101 cm³/mol. The molecule has 0 saturated heterocycles. The van der Waals surface area contributed by atoms with Crippen molar-refractivity contribution in [2.45, 2.75) is 44.4 Å². The Hall–Kier alpha value is -2.29. The molecule has 3 rings (SSSR count). The van der Waals surface area contributed by atoms with E-state index in [2.05, 4.69) is 35.6 Å². The van der Waals surface area contributed by atoms with Gasteiger partial charge in [-0.2, -0.15) is 0 Å². The van der Waals surface area contributed by atoms with Crippen LogP contribution in [0.2, 0.25) is 0 Å². The number of carbonyl (C=O) groups excluding carboxylic acids is 1. The molecule has 0 spiro atoms. The largest absolute Gasteiger partial charge is 0.496 e. The van der Waals surface area contributed by atoms with Gasteiger partial charge in [0.15, 0.2) is 0 Å². The second kappa shape index (κ2) is 7.73. The van der Waals surface area contributed by atoms with Gasteiger partial charge >= 0.3 is 0 Å². The van der Waals surface area contributed by atoms with Crippen molar-refractivity contribution in [3.05, 3.63) is 65.2 Å². The number of nitrogens with one attached hydrogen (secondary N) is 1. The van der Waals surface area contributed by atoms with Crippen LogP contribution in [0, 0.1) is 6.92 Å². The van der Waals surface area contributed by atoms with Crippen molar-refractivity contribution in [1.29, 1.82) is 0 Å². The number of methoxy groups -OCH3 is 1. The molecule has 2 aromatic carbocycles. The minimum atomic E-state index is 0.0612. The van der Waals surface area contributed by atoms with Crippen LogP contribution in [-0.2, 0) is 16.6 Å². The van der Waals surface area contributed by atoms with Crippen LogP contribution in [0.3, 0.4) is 0 Å². The van der Waals surface area contributed by atoms with Gasteiger partial charge in [0.25, 0.3) is 0 Å². The van der Waals surface area contributed by atoms with E-state index in [1.807, 2.05) is 25.1 Å². The number of hydrogen-bond donors (Lipinski definition) is 1. The van der Waals surface area contributed by atoms with Crippen LogP contribution >= 0.6 is 0 Å². The van der Waals surface area contributed by atoms with Crippen LogP contribution in [0.5, 0.6) is 5.75 Å². The molecule has 3 heteroatoms. The van der Waals surface area contributed by atoms with E-state index in [0.29, 0.717) is 13.0 Å². The molecule has 2 aromatic rings. The molecule has 0 bridgehead atoms. The number of aryl methyl sites for hydroxylation is 1. The number of benzene rings is 2. The molecular formula is C22H27NO2. The van der Waals surface area contributed by atoms with Crippen LogP contribution < -0.4 is 10.1 Å². The monoisotopic (exact) mass is 337 g/mol. The summed E-state index contributed by atoms with van der Waals surface area (Å²) in [6.45, 7) is 2.74. The van der Waals surface area contributed by atoms with Crippen LogP contribution in [0.15, 0.2) is 48.5 Å². The van der Waals surface area contributed by atoms with Crippen molar-refractivity contribution >= 4 is 5.91 Å². The number of carbonyl (C=O) groups is 1. The average molecular weight is 337 g/mol. The summed E-state index contributed by atoms with van der Waals surface area (Å²) in [6.07, 6.45) is 5.11. The molecule has 1 amide bonds. The van der Waals surface area contributed by atoms with E-state index in [9.17, 15) is 4.79 Å². The molecule has 0 radical (unpaired) electrons. The summed E-state index contributed by atoms with van der Waals surface area (Å²) in [6, 6.07) is 16.6. The highest BCUT2D eigenvalue weighted by molar-refractivity contribution is 5.79. The third kappa shape index (κ3) is 4.04. The summed E-state index contributed by atoms with van der Waals surface area (Å²) >= 11 is 0. The zero-order chi connectivity index (χ0) is 17.7. The van der Waals surface area contributed by atoms with E-state index >= 15 is 0 Å². The molecule has 25 heavy (non-hydrogen) atoms. The van der Waals surface area contributed by atoms with Crippen LogP contribution in [0.1, 0.15) is 42.4 Å². The van der Waals surface area contributed by atoms with Crippen molar-refractivity contribution in [3.8, 4) is 5.75 Å². The van der Waals surface area contributed by atoms with E-state index in [1.54, 1.807) is 7.11 Å². The van der Waals surface area contributed by atoms with Gasteiger partial charge in [0, 0.05) is 17.5 Å². The molecule has 0 aromatic heterocycles. The molecule has 3 nitrogen and oxygen atoms in total. The number of rotatable bonds is 6. The van der Waals surface area contributed by atoms with Crippen molar-refractivity contribution in [1.82, 2.24) is 5.32 Å². The zero-order valence-electron chi connectivity index (χ0n) is 15.2. The standard InChI is InChI=1S/C22H27NO2/c1-17-10-11-20(25-2)18(14-17)15-21(24)23-16-22(12-6-7-13-22)19-8-4-3-5-9-19/h3-5,8-11,14H,6-7,12-13,15-16H2,1-2H3,(H,23,24). The first kappa shape index (κ1) is 17.5. The Morgan fingerprint density at radius 1 is 1.12 bits per heavy atom. The van der Waals surface area contributed by atoms with E-state index < -0.39 is 0 Å². The van der Waals surface area contributed by atoms with Crippen LogP contribution in [0.25, 0.3) is 0 Å². The van der Waals surface area contributed by atoms with Crippen molar-refractivity contribution in [2.75, 3.05) is 13.7 Å². The molecule has 1 aliphatic carbocycles. The predicted octanol–water partition coefficient (Wildman–Crippen LogP) is 4.17. The summed E-state index contributed by atoms with van der Waals surface area (Å²) in [5.74, 6) is 0.838. The van der Waals surface area contributed by atoms with Gasteiger partial charge in [0.2, 0.25) is 5.91 Å². The molecule has 1 N–H and O–H groups in total. The first-order valence-corrected chi connectivity index (χ1v) is 9.09. The zero-order valence-corrected chi connectivity index (χ0v) is 15.2. The lowest BCUT2D eigenvalue weighted by atomic mass is 9.79. The fourth-order valence-electron chi connectivity index (χ4n) is 3.96. The summed E-state index contributed by atoms with van der Waals surface area (Å²) in [4.78, 5) is 12.6. The first-order chi connectivity index (χ1) is 12.1. The molecule has 0 atom stereocenters. The van der Waals surface area contributed by atoms with E-state index in [1.165, 1.54) is 18.4 Å². The van der Waals surface area contributed by atoms with Gasteiger partial charge in [-0.3, -0.25) is 4.79 Å². The van der Waals surface area contributed by atoms with Crippen LogP contribution in [0.4, 0.5) is 0 Å². The lowest BCUT2D eigenvalue weighted by Crippen LogP contribution is -2.39. The van der Waals surface area contributed by atoms with Crippen molar-refractivity contribution in [3.63, 3.8) is 0 Å². The molecule has 0 aliphatic heterocycles. The number of hydrogen-bond acceptors (Lipinski definition) is 2. The smallest absolute Gasteiger partial charge is 0.224 e. The van der Waals surface area contributed by atoms with Gasteiger partial charge in [-0.25, -0.2) is 0 Å². The summed E-state index contributed by atoms with van der Waals surface area (Å²) in [5, 5.41) is 3.19. The van der Waals surface area contributed by atoms with E-state index in [4.69, 9.17) is 4.74 Å². The van der Waals surface area contributed by atoms with E-state index in [0.717, 1.165) is 29.7 Å². The van der Waals surface area contributed by atoms with Gasteiger partial charge in [-0.15, -0.1) is 0 Å². The molecular weight excluding hydrogens is 310 g/mol. The van der Waals surface area contributed by atoms with Crippen molar-refractivity contribution < 1.29 is 9.53 Å². The molecule has 1 aliphatic rings. The summed E-state index contributed by atoms with van der Waals surface area (Å²) in [5.41, 5.74) is 3.52. The second-order valence-electron chi connectivity index (χ2n) is 7.12. The summed E-state index contributed by atoms with van der Waals surface area (Å²) in [7, 11) is 1.65. The van der Waals surface area contributed by atoms with Crippen molar-refractivity contribution in [2.24, 2.45) is 0 Å². The quantitative estimate of drug-likeness (QED) is 0.859. The number of amides is 1. The third-order valence-electron chi connectivity index (χ3n) is 5.36. The second-order valence-corrected chi connectivity index (χ2v) is 7.12. The number of ether oxygens (including phenoxy) is 1. The average Bonchev–Trinajstić information content (AvgIpc) is 3.11. The topological polar surface area (TPSA) is 38.3 Å². The Labute approximate surface area is 150 Å². The van der Waals surface area contributed by atoms with Gasteiger partial charge < -0.3 is 10.1 Å². The van der Waals surface area contributed by atoms with Gasteiger partial charge in [-0.05, 0) is 31.4 Å². The maximum atomic E-state index is 12.6. The lowest BCUT2D eigenvalue weighted by molar-refractivity contribution is -0.120. The van der Waals surface area contributed by atoms with E-state index in [-0.39, 0.29) is 11.3 Å². The normalized spacial score (nSPS) is 15.8. The Morgan fingerprint density at radius 2 is 1.84 bits per heavy atom. The first-order valence-electron chi connectivity index (χ1n) is 9.09. The van der Waals surface area contributed by atoms with Gasteiger partial charge in [0.05, 0.1) is 13.5 Å². The maximum absolute atomic E-state index is 12.6. The Morgan fingerprint density at radius 3 is 2.52 bits per heavy atom. The van der Waals surface area contributed by atoms with Gasteiger partial charge in [-0.1, -0.05) is 60.9 Å². The molecule has 0 unspecified atom stereocenters. The Kier molecular flexibility index (Phi) is 5.42. The Balaban J connectivity index is 1.68. The highest BCUT2D eigenvalue weighted by Crippen LogP contribution is 2.40. The highest BCUT2D eigenvalue weighted by Gasteiger charge is 2.35. The summed E-state index contributed by atoms with van der Waals surface area (Å²) < 4.78 is 5.39. The molecule has 0 heterocycles. The molecule has 1 fully saturated rings. The highest BCUT2D eigenvalue weighted by atomic mass is 16.5. The fourth-order valence-corrected chi connectivity index (χ4v) is 3.96.